The van der Waals surface area contributed by atoms with Gasteiger partial charge in [-0.3, -0.25) is 0 Å². The third kappa shape index (κ3) is 3.57. The highest BCUT2D eigenvalue weighted by Crippen LogP contribution is 2.35. The molecule has 1 unspecified atom stereocenters. The maximum absolute atomic E-state index is 6.20. The molecule has 4 heteroatoms. The molecule has 2 aliphatic rings. The summed E-state index contributed by atoms with van der Waals surface area (Å²) in [6.45, 7) is 4.36. The van der Waals surface area contributed by atoms with E-state index in [2.05, 4.69) is 6.07 Å². The van der Waals surface area contributed by atoms with Crippen molar-refractivity contribution < 1.29 is 14.2 Å². The third-order valence-corrected chi connectivity index (χ3v) is 4.54. The molecule has 1 aromatic carbocycles. The van der Waals surface area contributed by atoms with Crippen LogP contribution in [0, 0.1) is 0 Å². The van der Waals surface area contributed by atoms with Crippen LogP contribution in [0.15, 0.2) is 24.3 Å². The number of benzene rings is 1. The predicted molar refractivity (Wildman–Crippen MR) is 81.4 cm³/mol. The fraction of sp³-hybridized carbons (Fsp3) is 0.647. The quantitative estimate of drug-likeness (QED) is 0.930. The van der Waals surface area contributed by atoms with Crippen LogP contribution in [-0.2, 0) is 9.47 Å². The van der Waals surface area contributed by atoms with Gasteiger partial charge >= 0.3 is 0 Å². The van der Waals surface area contributed by atoms with Gasteiger partial charge in [-0.25, -0.2) is 0 Å². The summed E-state index contributed by atoms with van der Waals surface area (Å²) in [4.78, 5) is 0. The van der Waals surface area contributed by atoms with E-state index in [0.717, 1.165) is 56.8 Å². The molecule has 4 nitrogen and oxygen atoms in total. The molecule has 0 bridgehead atoms. The monoisotopic (exact) mass is 291 g/mol. The first-order valence-electron chi connectivity index (χ1n) is 7.91. The molecule has 2 saturated heterocycles. The van der Waals surface area contributed by atoms with Crippen molar-refractivity contribution in [2.45, 2.75) is 50.4 Å². The SMILES string of the molecule is C[C@@H](N)c1cccc(OC2CCOC3(CCOCC3)C2)c1. The van der Waals surface area contributed by atoms with Crippen LogP contribution in [-0.4, -0.2) is 31.5 Å². The van der Waals surface area contributed by atoms with Crippen LogP contribution < -0.4 is 10.5 Å². The number of nitrogens with two attached hydrogens (primary N) is 1. The number of hydrogen-bond donors (Lipinski definition) is 1. The average molecular weight is 291 g/mol. The van der Waals surface area contributed by atoms with Crippen LogP contribution >= 0.6 is 0 Å². The third-order valence-electron chi connectivity index (χ3n) is 4.54. The van der Waals surface area contributed by atoms with Gasteiger partial charge in [-0.05, 0) is 37.5 Å². The molecule has 2 aliphatic heterocycles. The second-order valence-electron chi connectivity index (χ2n) is 6.24. The Kier molecular flexibility index (Phi) is 4.48. The second-order valence-corrected chi connectivity index (χ2v) is 6.24. The molecule has 0 amide bonds. The van der Waals surface area contributed by atoms with Gasteiger partial charge in [0, 0.05) is 32.1 Å². The molecule has 1 aromatic rings. The summed E-state index contributed by atoms with van der Waals surface area (Å²) in [5.74, 6) is 0.916. The lowest BCUT2D eigenvalue weighted by Crippen LogP contribution is -2.47. The molecule has 2 heterocycles. The zero-order valence-electron chi connectivity index (χ0n) is 12.7. The molecule has 21 heavy (non-hydrogen) atoms. The van der Waals surface area contributed by atoms with Gasteiger partial charge in [0.2, 0.25) is 0 Å². The minimum atomic E-state index is -0.0278. The Morgan fingerprint density at radius 2 is 2.10 bits per heavy atom. The van der Waals surface area contributed by atoms with E-state index in [1.54, 1.807) is 0 Å². The largest absolute Gasteiger partial charge is 0.490 e. The van der Waals surface area contributed by atoms with Crippen molar-refractivity contribution in [1.82, 2.24) is 0 Å². The summed E-state index contributed by atoms with van der Waals surface area (Å²) in [6, 6.07) is 8.15. The van der Waals surface area contributed by atoms with Gasteiger partial charge in [0.25, 0.3) is 0 Å². The lowest BCUT2D eigenvalue weighted by molar-refractivity contribution is -0.155. The Labute approximate surface area is 126 Å². The minimum Gasteiger partial charge on any atom is -0.490 e. The van der Waals surface area contributed by atoms with E-state index in [0.29, 0.717) is 0 Å². The van der Waals surface area contributed by atoms with E-state index < -0.39 is 0 Å². The van der Waals surface area contributed by atoms with E-state index in [-0.39, 0.29) is 17.7 Å². The van der Waals surface area contributed by atoms with Crippen LogP contribution in [0.2, 0.25) is 0 Å². The summed E-state index contributed by atoms with van der Waals surface area (Å²) in [5.41, 5.74) is 7.02. The van der Waals surface area contributed by atoms with Crippen molar-refractivity contribution in [1.29, 1.82) is 0 Å². The highest BCUT2D eigenvalue weighted by molar-refractivity contribution is 5.30. The van der Waals surface area contributed by atoms with Crippen LogP contribution in [0.3, 0.4) is 0 Å². The Morgan fingerprint density at radius 3 is 2.86 bits per heavy atom. The Morgan fingerprint density at radius 1 is 1.29 bits per heavy atom. The Bertz CT molecular complexity index is 463. The lowest BCUT2D eigenvalue weighted by Gasteiger charge is -2.43. The fourth-order valence-corrected chi connectivity index (χ4v) is 3.24. The summed E-state index contributed by atoms with van der Waals surface area (Å²) in [6.07, 6.45) is 4.09. The zero-order chi connectivity index (χ0) is 14.7. The first-order valence-corrected chi connectivity index (χ1v) is 7.91. The van der Waals surface area contributed by atoms with Gasteiger partial charge < -0.3 is 19.9 Å². The van der Waals surface area contributed by atoms with Gasteiger partial charge in [-0.1, -0.05) is 12.1 Å². The average Bonchev–Trinajstić information content (AvgIpc) is 2.48. The topological polar surface area (TPSA) is 53.7 Å². The van der Waals surface area contributed by atoms with Crippen LogP contribution in [0.1, 0.15) is 44.2 Å². The molecule has 2 atom stereocenters. The molecular weight excluding hydrogens is 266 g/mol. The van der Waals surface area contributed by atoms with E-state index in [9.17, 15) is 0 Å². The zero-order valence-corrected chi connectivity index (χ0v) is 12.7. The molecule has 2 fully saturated rings. The van der Waals surface area contributed by atoms with Crippen LogP contribution in [0.4, 0.5) is 0 Å². The summed E-state index contributed by atoms with van der Waals surface area (Å²) in [7, 11) is 0. The molecule has 2 N–H and O–H groups in total. The fourth-order valence-electron chi connectivity index (χ4n) is 3.24. The standard InChI is InChI=1S/C17H25NO3/c1-13(18)14-3-2-4-15(11-14)21-16-5-8-20-17(12-16)6-9-19-10-7-17/h2-4,11,13,16H,5-10,12,18H2,1H3/t13-,16?/m1/s1. The molecule has 116 valence electrons. The summed E-state index contributed by atoms with van der Waals surface area (Å²) in [5, 5.41) is 0. The van der Waals surface area contributed by atoms with Crippen molar-refractivity contribution in [3.8, 4) is 5.75 Å². The predicted octanol–water partition coefficient (Wildman–Crippen LogP) is 2.81. The minimum absolute atomic E-state index is 0.0278. The highest BCUT2D eigenvalue weighted by Gasteiger charge is 2.39. The molecule has 0 radical (unpaired) electrons. The summed E-state index contributed by atoms with van der Waals surface area (Å²) >= 11 is 0. The van der Waals surface area contributed by atoms with E-state index in [1.807, 2.05) is 25.1 Å². The van der Waals surface area contributed by atoms with Gasteiger partial charge in [0.1, 0.15) is 11.9 Å². The molecule has 0 aliphatic carbocycles. The number of ether oxygens (including phenoxy) is 3. The van der Waals surface area contributed by atoms with Crippen molar-refractivity contribution in [3.05, 3.63) is 29.8 Å². The smallest absolute Gasteiger partial charge is 0.120 e. The molecule has 0 saturated carbocycles. The van der Waals surface area contributed by atoms with Gasteiger partial charge in [0.15, 0.2) is 0 Å². The first kappa shape index (κ1) is 14.8. The second kappa shape index (κ2) is 6.34. The summed E-state index contributed by atoms with van der Waals surface area (Å²) < 4.78 is 17.7. The van der Waals surface area contributed by atoms with E-state index in [4.69, 9.17) is 19.9 Å². The molecule has 3 rings (SSSR count). The maximum atomic E-state index is 6.20. The van der Waals surface area contributed by atoms with Crippen molar-refractivity contribution in [2.75, 3.05) is 19.8 Å². The Balaban J connectivity index is 1.65. The normalized spacial score (nSPS) is 26.5. The van der Waals surface area contributed by atoms with Crippen molar-refractivity contribution in [2.24, 2.45) is 5.73 Å². The van der Waals surface area contributed by atoms with E-state index >= 15 is 0 Å². The lowest BCUT2D eigenvalue weighted by atomic mass is 9.85. The van der Waals surface area contributed by atoms with Crippen LogP contribution in [0.25, 0.3) is 0 Å². The van der Waals surface area contributed by atoms with Gasteiger partial charge in [-0.15, -0.1) is 0 Å². The molecule has 0 aromatic heterocycles. The van der Waals surface area contributed by atoms with Crippen molar-refractivity contribution in [3.63, 3.8) is 0 Å². The number of hydrogen-bond acceptors (Lipinski definition) is 4. The molecular formula is C17H25NO3. The van der Waals surface area contributed by atoms with E-state index in [1.165, 1.54) is 0 Å². The van der Waals surface area contributed by atoms with Gasteiger partial charge in [-0.2, -0.15) is 0 Å². The van der Waals surface area contributed by atoms with Crippen molar-refractivity contribution >= 4 is 0 Å². The van der Waals surface area contributed by atoms with Crippen LogP contribution in [0.5, 0.6) is 5.75 Å². The Hall–Kier alpha value is -1.10. The highest BCUT2D eigenvalue weighted by atomic mass is 16.5. The van der Waals surface area contributed by atoms with Gasteiger partial charge in [0.05, 0.1) is 12.2 Å². The maximum Gasteiger partial charge on any atom is 0.120 e. The number of rotatable bonds is 3. The first-order chi connectivity index (χ1) is 10.2. The molecule has 1 spiro atoms.